The highest BCUT2D eigenvalue weighted by atomic mass is 16.2. The van der Waals surface area contributed by atoms with Gasteiger partial charge in [-0.1, -0.05) is 6.07 Å². The molecule has 0 unspecified atom stereocenters. The molecule has 0 aliphatic heterocycles. The van der Waals surface area contributed by atoms with E-state index in [-0.39, 0.29) is 17.2 Å². The second-order valence-electron chi connectivity index (χ2n) is 5.47. The molecule has 3 aromatic heterocycles. The minimum atomic E-state index is -0.483. The van der Waals surface area contributed by atoms with Crippen LogP contribution < -0.4 is 10.9 Å². The molecular weight excluding hydrogens is 308 g/mol. The fourth-order valence-electron chi connectivity index (χ4n) is 2.62. The molecule has 24 heavy (non-hydrogen) atoms. The van der Waals surface area contributed by atoms with Crippen molar-refractivity contribution in [1.29, 1.82) is 0 Å². The van der Waals surface area contributed by atoms with Gasteiger partial charge in [0.25, 0.3) is 11.5 Å². The number of hydrogen-bond donors (Lipinski definition) is 1. The summed E-state index contributed by atoms with van der Waals surface area (Å²) in [6, 6.07) is 4.96. The number of amides is 1. The Morgan fingerprint density at radius 2 is 2.12 bits per heavy atom. The van der Waals surface area contributed by atoms with E-state index in [0.717, 1.165) is 5.69 Å². The number of aromatic nitrogens is 5. The topological polar surface area (TPSA) is 94.2 Å². The van der Waals surface area contributed by atoms with E-state index in [1.54, 1.807) is 30.7 Å². The van der Waals surface area contributed by atoms with Crippen molar-refractivity contribution in [2.75, 3.05) is 0 Å². The van der Waals surface area contributed by atoms with Crippen molar-refractivity contribution in [2.24, 2.45) is 0 Å². The molecule has 1 atom stereocenters. The molecular formula is C16H18N6O2. The van der Waals surface area contributed by atoms with Gasteiger partial charge in [-0.05, 0) is 32.9 Å². The minimum absolute atomic E-state index is 0.00351. The average Bonchev–Trinajstić information content (AvgIpc) is 3.03. The van der Waals surface area contributed by atoms with Gasteiger partial charge in [-0.15, -0.1) is 0 Å². The van der Waals surface area contributed by atoms with Crippen LogP contribution >= 0.6 is 0 Å². The van der Waals surface area contributed by atoms with Crippen molar-refractivity contribution >= 4 is 11.6 Å². The second kappa shape index (κ2) is 6.23. The summed E-state index contributed by atoms with van der Waals surface area (Å²) in [6.07, 6.45) is 2.75. The molecule has 3 rings (SSSR count). The molecule has 0 saturated heterocycles. The van der Waals surface area contributed by atoms with Gasteiger partial charge in [-0.3, -0.25) is 14.0 Å². The molecule has 3 aromatic rings. The summed E-state index contributed by atoms with van der Waals surface area (Å²) in [5.74, 6) is 0.152. The first-order valence-corrected chi connectivity index (χ1v) is 7.69. The number of aryl methyl sites for hydroxylation is 2. The molecule has 3 heterocycles. The van der Waals surface area contributed by atoms with E-state index in [1.807, 2.05) is 13.0 Å². The molecule has 1 N–H and O–H groups in total. The Labute approximate surface area is 138 Å². The van der Waals surface area contributed by atoms with Crippen LogP contribution in [0.25, 0.3) is 5.65 Å². The van der Waals surface area contributed by atoms with Crippen LogP contribution in [-0.2, 0) is 6.54 Å². The molecule has 0 aliphatic rings. The normalized spacial score (nSPS) is 12.3. The van der Waals surface area contributed by atoms with Crippen molar-refractivity contribution in [3.05, 3.63) is 58.2 Å². The number of carbonyl (C=O) groups is 1. The zero-order chi connectivity index (χ0) is 17.3. The first-order valence-electron chi connectivity index (χ1n) is 7.69. The van der Waals surface area contributed by atoms with E-state index in [1.165, 1.54) is 16.9 Å². The zero-order valence-corrected chi connectivity index (χ0v) is 13.7. The third-order valence-electron chi connectivity index (χ3n) is 3.85. The van der Waals surface area contributed by atoms with E-state index < -0.39 is 5.91 Å². The summed E-state index contributed by atoms with van der Waals surface area (Å²) in [5, 5.41) is 6.86. The lowest BCUT2D eigenvalue weighted by atomic mass is 10.2. The molecule has 0 aromatic carbocycles. The Hall–Kier alpha value is -3.03. The van der Waals surface area contributed by atoms with Gasteiger partial charge in [-0.2, -0.15) is 5.10 Å². The fourth-order valence-corrected chi connectivity index (χ4v) is 2.62. The van der Waals surface area contributed by atoms with Gasteiger partial charge >= 0.3 is 0 Å². The van der Waals surface area contributed by atoms with Gasteiger partial charge in [0.15, 0.2) is 0 Å². The SMILES string of the molecule is CCn1ncnc1[C@H](C)NC(=O)c1cnc2cccc(C)n2c1=O. The number of pyridine rings is 1. The van der Waals surface area contributed by atoms with Crippen molar-refractivity contribution in [2.45, 2.75) is 33.4 Å². The first kappa shape index (κ1) is 15.9. The third-order valence-corrected chi connectivity index (χ3v) is 3.85. The van der Waals surface area contributed by atoms with Crippen molar-refractivity contribution in [3.8, 4) is 0 Å². The Morgan fingerprint density at radius 1 is 1.33 bits per heavy atom. The summed E-state index contributed by atoms with van der Waals surface area (Å²) < 4.78 is 3.12. The van der Waals surface area contributed by atoms with E-state index in [9.17, 15) is 9.59 Å². The quantitative estimate of drug-likeness (QED) is 0.775. The lowest BCUT2D eigenvalue weighted by molar-refractivity contribution is 0.0935. The molecule has 0 radical (unpaired) electrons. The largest absolute Gasteiger partial charge is 0.342 e. The van der Waals surface area contributed by atoms with Gasteiger partial charge in [0.05, 0.1) is 6.04 Å². The molecule has 1 amide bonds. The Balaban J connectivity index is 1.93. The number of nitrogens with zero attached hydrogens (tertiary/aromatic N) is 5. The lowest BCUT2D eigenvalue weighted by Gasteiger charge is -2.14. The molecule has 0 fully saturated rings. The van der Waals surface area contributed by atoms with Gasteiger partial charge in [0, 0.05) is 18.4 Å². The van der Waals surface area contributed by atoms with Crippen LogP contribution in [0.4, 0.5) is 0 Å². The number of hydrogen-bond acceptors (Lipinski definition) is 5. The van der Waals surface area contributed by atoms with Crippen LogP contribution in [0.15, 0.2) is 35.5 Å². The molecule has 0 bridgehead atoms. The highest BCUT2D eigenvalue weighted by Gasteiger charge is 2.19. The van der Waals surface area contributed by atoms with E-state index >= 15 is 0 Å². The van der Waals surface area contributed by atoms with E-state index in [4.69, 9.17) is 0 Å². The van der Waals surface area contributed by atoms with Crippen molar-refractivity contribution in [3.63, 3.8) is 0 Å². The molecule has 0 aliphatic carbocycles. The molecule has 0 saturated carbocycles. The molecule has 0 spiro atoms. The minimum Gasteiger partial charge on any atom is -0.342 e. The van der Waals surface area contributed by atoms with Crippen LogP contribution in [-0.4, -0.2) is 30.1 Å². The predicted molar refractivity (Wildman–Crippen MR) is 87.8 cm³/mol. The van der Waals surface area contributed by atoms with Crippen LogP contribution in [0.2, 0.25) is 0 Å². The maximum Gasteiger partial charge on any atom is 0.270 e. The standard InChI is InChI=1S/C16H18N6O2/c1-4-21-14(18-9-19-21)11(3)20-15(23)12-8-17-13-7-5-6-10(2)22(13)16(12)24/h5-9,11H,4H2,1-3H3,(H,20,23)/t11-/m0/s1. The Bertz CT molecular complexity index is 959. The smallest absolute Gasteiger partial charge is 0.270 e. The van der Waals surface area contributed by atoms with Gasteiger partial charge in [-0.25, -0.2) is 14.6 Å². The van der Waals surface area contributed by atoms with Crippen LogP contribution in [0, 0.1) is 6.92 Å². The van der Waals surface area contributed by atoms with Crippen LogP contribution in [0.1, 0.15) is 41.8 Å². The Kier molecular flexibility index (Phi) is 4.11. The number of carbonyl (C=O) groups excluding carboxylic acids is 1. The third kappa shape index (κ3) is 2.66. The average molecular weight is 326 g/mol. The van der Waals surface area contributed by atoms with Crippen LogP contribution in [0.5, 0.6) is 0 Å². The van der Waals surface area contributed by atoms with E-state index in [2.05, 4.69) is 20.4 Å². The second-order valence-corrected chi connectivity index (χ2v) is 5.47. The van der Waals surface area contributed by atoms with Crippen LogP contribution in [0.3, 0.4) is 0 Å². The lowest BCUT2D eigenvalue weighted by Crippen LogP contribution is -2.34. The Morgan fingerprint density at radius 3 is 2.88 bits per heavy atom. The predicted octanol–water partition coefficient (Wildman–Crippen LogP) is 1.11. The summed E-state index contributed by atoms with van der Waals surface area (Å²) in [5.41, 5.74) is 0.838. The maximum atomic E-state index is 12.6. The number of nitrogens with one attached hydrogen (secondary N) is 1. The first-order chi connectivity index (χ1) is 11.5. The van der Waals surface area contributed by atoms with Crippen molar-refractivity contribution < 1.29 is 4.79 Å². The molecule has 124 valence electrons. The summed E-state index contributed by atoms with van der Waals surface area (Å²) in [6.45, 7) is 6.18. The molecule has 8 heteroatoms. The number of fused-ring (bicyclic) bond motifs is 1. The summed E-state index contributed by atoms with van der Waals surface area (Å²) in [7, 11) is 0. The van der Waals surface area contributed by atoms with E-state index in [0.29, 0.717) is 18.0 Å². The highest BCUT2D eigenvalue weighted by molar-refractivity contribution is 5.93. The summed E-state index contributed by atoms with van der Waals surface area (Å²) in [4.78, 5) is 33.5. The molecule has 8 nitrogen and oxygen atoms in total. The van der Waals surface area contributed by atoms with Gasteiger partial charge in [0.1, 0.15) is 23.4 Å². The monoisotopic (exact) mass is 326 g/mol. The van der Waals surface area contributed by atoms with Gasteiger partial charge < -0.3 is 5.32 Å². The number of rotatable bonds is 4. The summed E-state index contributed by atoms with van der Waals surface area (Å²) >= 11 is 0. The van der Waals surface area contributed by atoms with Crippen molar-refractivity contribution in [1.82, 2.24) is 29.5 Å². The van der Waals surface area contributed by atoms with Gasteiger partial charge in [0.2, 0.25) is 0 Å². The fraction of sp³-hybridized carbons (Fsp3) is 0.312. The highest BCUT2D eigenvalue weighted by Crippen LogP contribution is 2.09. The zero-order valence-electron chi connectivity index (χ0n) is 13.7. The maximum absolute atomic E-state index is 12.6.